The van der Waals surface area contributed by atoms with Crippen molar-refractivity contribution in [2.75, 3.05) is 0 Å². The van der Waals surface area contributed by atoms with Gasteiger partial charge in [0.15, 0.2) is 0 Å². The van der Waals surface area contributed by atoms with Gasteiger partial charge in [-0.3, -0.25) is 4.79 Å². The zero-order valence-electron chi connectivity index (χ0n) is 13.1. The monoisotopic (exact) mass is 261 g/mol. The Morgan fingerprint density at radius 2 is 1.58 bits per heavy atom. The number of hydrogen-bond donors (Lipinski definition) is 1. The van der Waals surface area contributed by atoms with Gasteiger partial charge in [-0.1, -0.05) is 52.0 Å². The molecule has 1 aromatic carbocycles. The molecule has 0 unspecified atom stereocenters. The van der Waals surface area contributed by atoms with Gasteiger partial charge in [-0.15, -0.1) is 0 Å². The Labute approximate surface area is 117 Å². The highest BCUT2D eigenvalue weighted by Crippen LogP contribution is 2.30. The van der Waals surface area contributed by atoms with Gasteiger partial charge in [0.1, 0.15) is 5.78 Å². The lowest BCUT2D eigenvalue weighted by atomic mass is 9.71. The van der Waals surface area contributed by atoms with E-state index in [0.717, 1.165) is 5.56 Å². The number of benzene rings is 1. The van der Waals surface area contributed by atoms with Crippen molar-refractivity contribution < 1.29 is 4.79 Å². The molecule has 0 atom stereocenters. The number of carbonyl (C=O) groups is 1. The highest BCUT2D eigenvalue weighted by molar-refractivity contribution is 5.87. The summed E-state index contributed by atoms with van der Waals surface area (Å²) in [6.07, 6.45) is 0.450. The molecule has 1 aromatic rings. The average Bonchev–Trinajstić information content (AvgIpc) is 2.28. The summed E-state index contributed by atoms with van der Waals surface area (Å²) in [5.74, 6) is 0.710. The Morgan fingerprint density at radius 1 is 1.11 bits per heavy atom. The maximum Gasteiger partial charge on any atom is 0.144 e. The number of rotatable bonds is 5. The van der Waals surface area contributed by atoms with Crippen LogP contribution in [0.15, 0.2) is 24.3 Å². The lowest BCUT2D eigenvalue weighted by molar-refractivity contribution is -0.129. The van der Waals surface area contributed by atoms with Crippen molar-refractivity contribution in [2.45, 2.75) is 59.4 Å². The van der Waals surface area contributed by atoms with Crippen LogP contribution in [-0.4, -0.2) is 11.3 Å². The van der Waals surface area contributed by atoms with E-state index in [1.54, 1.807) is 0 Å². The van der Waals surface area contributed by atoms with E-state index in [2.05, 4.69) is 26.0 Å². The molecule has 19 heavy (non-hydrogen) atoms. The first-order valence-electron chi connectivity index (χ1n) is 6.96. The van der Waals surface area contributed by atoms with Crippen LogP contribution in [0.5, 0.6) is 0 Å². The molecular formula is C17H27NO. The first-order chi connectivity index (χ1) is 8.55. The number of nitrogens with two attached hydrogens (primary N) is 1. The minimum absolute atomic E-state index is 0.192. The van der Waals surface area contributed by atoms with E-state index in [0.29, 0.717) is 12.3 Å². The number of carbonyl (C=O) groups excluding carboxylic acids is 1. The van der Waals surface area contributed by atoms with E-state index in [4.69, 9.17) is 5.73 Å². The van der Waals surface area contributed by atoms with Gasteiger partial charge in [0, 0.05) is 17.4 Å². The largest absolute Gasteiger partial charge is 0.325 e. The lowest BCUT2D eigenvalue weighted by Crippen LogP contribution is -2.52. The van der Waals surface area contributed by atoms with E-state index in [-0.39, 0.29) is 5.78 Å². The van der Waals surface area contributed by atoms with Gasteiger partial charge < -0.3 is 5.73 Å². The first-order valence-corrected chi connectivity index (χ1v) is 6.96. The topological polar surface area (TPSA) is 43.1 Å². The van der Waals surface area contributed by atoms with Crippen molar-refractivity contribution in [1.29, 1.82) is 0 Å². The highest BCUT2D eigenvalue weighted by Gasteiger charge is 2.39. The highest BCUT2D eigenvalue weighted by atomic mass is 16.1. The second kappa shape index (κ2) is 5.46. The van der Waals surface area contributed by atoms with E-state index < -0.39 is 11.0 Å². The quantitative estimate of drug-likeness (QED) is 0.878. The summed E-state index contributed by atoms with van der Waals surface area (Å²) in [5, 5.41) is 0. The number of ketones is 1. The minimum atomic E-state index is -0.524. The molecule has 0 aliphatic rings. The second-order valence-corrected chi connectivity index (χ2v) is 6.84. The van der Waals surface area contributed by atoms with Gasteiger partial charge in [0.05, 0.1) is 0 Å². The smallest absolute Gasteiger partial charge is 0.144 e. The van der Waals surface area contributed by atoms with Crippen molar-refractivity contribution in [3.63, 3.8) is 0 Å². The Kier molecular flexibility index (Phi) is 4.57. The zero-order valence-corrected chi connectivity index (χ0v) is 13.1. The van der Waals surface area contributed by atoms with Crippen LogP contribution in [0.25, 0.3) is 0 Å². The molecule has 0 aromatic heterocycles. The third kappa shape index (κ3) is 3.66. The van der Waals surface area contributed by atoms with Crippen molar-refractivity contribution in [3.8, 4) is 0 Å². The van der Waals surface area contributed by atoms with Crippen molar-refractivity contribution in [2.24, 2.45) is 11.1 Å². The Bertz CT molecular complexity index is 435. The molecule has 0 radical (unpaired) electrons. The predicted octanol–water partition coefficient (Wildman–Crippen LogP) is 3.69. The van der Waals surface area contributed by atoms with E-state index in [1.807, 2.05) is 39.8 Å². The van der Waals surface area contributed by atoms with Crippen LogP contribution >= 0.6 is 0 Å². The van der Waals surface area contributed by atoms with Gasteiger partial charge in [-0.2, -0.15) is 0 Å². The molecular weight excluding hydrogens is 234 g/mol. The Balaban J connectivity index is 2.83. The fourth-order valence-corrected chi connectivity index (χ4v) is 1.79. The van der Waals surface area contributed by atoms with E-state index in [9.17, 15) is 4.79 Å². The molecule has 0 fully saturated rings. The van der Waals surface area contributed by atoms with Gasteiger partial charge in [0.25, 0.3) is 0 Å². The van der Waals surface area contributed by atoms with Crippen LogP contribution in [0.1, 0.15) is 58.6 Å². The van der Waals surface area contributed by atoms with Gasteiger partial charge in [0.2, 0.25) is 0 Å². The van der Waals surface area contributed by atoms with Gasteiger partial charge in [-0.25, -0.2) is 0 Å². The van der Waals surface area contributed by atoms with Crippen LogP contribution in [0.3, 0.4) is 0 Å². The summed E-state index contributed by atoms with van der Waals surface area (Å²) in [4.78, 5) is 12.4. The van der Waals surface area contributed by atoms with Gasteiger partial charge >= 0.3 is 0 Å². The summed E-state index contributed by atoms with van der Waals surface area (Å²) in [6.45, 7) is 12.0. The molecule has 0 saturated carbocycles. The Morgan fingerprint density at radius 3 is 1.95 bits per heavy atom. The SMILES string of the molecule is CC(C)c1ccc(CC(=O)C(C)(C)C(C)(C)N)cc1. The molecule has 0 heterocycles. The summed E-state index contributed by atoms with van der Waals surface area (Å²) in [6, 6.07) is 8.31. The van der Waals surface area contributed by atoms with Crippen molar-refractivity contribution in [1.82, 2.24) is 0 Å². The molecule has 1 rings (SSSR count). The summed E-state index contributed by atoms with van der Waals surface area (Å²) >= 11 is 0. The van der Waals surface area contributed by atoms with Crippen molar-refractivity contribution >= 4 is 5.78 Å². The standard InChI is InChI=1S/C17H27NO/c1-12(2)14-9-7-13(8-10-14)11-15(19)16(3,4)17(5,6)18/h7-10,12H,11,18H2,1-6H3. The molecule has 0 aliphatic carbocycles. The maximum absolute atomic E-state index is 12.4. The van der Waals surface area contributed by atoms with Gasteiger partial charge in [-0.05, 0) is 30.9 Å². The zero-order chi connectivity index (χ0) is 14.8. The average molecular weight is 261 g/mol. The Hall–Kier alpha value is -1.15. The minimum Gasteiger partial charge on any atom is -0.325 e. The third-order valence-electron chi connectivity index (χ3n) is 4.32. The molecule has 0 spiro atoms. The molecule has 0 bridgehead atoms. The molecule has 0 amide bonds. The van der Waals surface area contributed by atoms with Crippen LogP contribution < -0.4 is 5.73 Å². The fraction of sp³-hybridized carbons (Fsp3) is 0.588. The normalized spacial score (nSPS) is 12.8. The van der Waals surface area contributed by atoms with E-state index >= 15 is 0 Å². The van der Waals surface area contributed by atoms with Crippen LogP contribution in [-0.2, 0) is 11.2 Å². The fourth-order valence-electron chi connectivity index (χ4n) is 1.79. The first kappa shape index (κ1) is 15.9. The summed E-state index contributed by atoms with van der Waals surface area (Å²) in [7, 11) is 0. The van der Waals surface area contributed by atoms with Crippen LogP contribution in [0.2, 0.25) is 0 Å². The number of hydrogen-bond acceptors (Lipinski definition) is 2. The molecule has 0 saturated heterocycles. The second-order valence-electron chi connectivity index (χ2n) is 6.84. The molecule has 0 aliphatic heterocycles. The molecule has 2 heteroatoms. The van der Waals surface area contributed by atoms with E-state index in [1.165, 1.54) is 5.56 Å². The maximum atomic E-state index is 12.4. The molecule has 2 N–H and O–H groups in total. The lowest BCUT2D eigenvalue weighted by Gasteiger charge is -2.37. The van der Waals surface area contributed by atoms with Crippen LogP contribution in [0.4, 0.5) is 0 Å². The number of Topliss-reactive ketones (excluding diaryl/α,β-unsaturated/α-hetero) is 1. The van der Waals surface area contributed by atoms with Crippen LogP contribution in [0, 0.1) is 5.41 Å². The van der Waals surface area contributed by atoms with Crippen molar-refractivity contribution in [3.05, 3.63) is 35.4 Å². The molecule has 106 valence electrons. The predicted molar refractivity (Wildman–Crippen MR) is 81.3 cm³/mol. The summed E-state index contributed by atoms with van der Waals surface area (Å²) < 4.78 is 0. The summed E-state index contributed by atoms with van der Waals surface area (Å²) in [5.41, 5.74) is 7.44. The molecule has 2 nitrogen and oxygen atoms in total. The third-order valence-corrected chi connectivity index (χ3v) is 4.32.